The van der Waals surface area contributed by atoms with Crippen molar-refractivity contribution in [2.24, 2.45) is 0 Å². The summed E-state index contributed by atoms with van der Waals surface area (Å²) >= 11 is 0. The molecule has 9 heteroatoms. The Morgan fingerprint density at radius 3 is 2.31 bits per heavy atom. The molecular weight excluding hydrogens is 387 g/mol. The minimum atomic E-state index is -4.65. The molecule has 29 heavy (non-hydrogen) atoms. The number of nitrogens with zero attached hydrogens (tertiary/aromatic N) is 3. The largest absolute Gasteiger partial charge is 0.416 e. The molecule has 0 N–H and O–H groups in total. The highest BCUT2D eigenvalue weighted by Crippen LogP contribution is 2.36. The second-order valence-corrected chi connectivity index (χ2v) is 6.99. The maximum Gasteiger partial charge on any atom is 0.416 e. The standard InChI is InChI=1S/C20H20F3N3O3/c1-13-4-3-5-16(14(13)2)19(27)25-10-8-24(9-11-25)17-7-6-15(20(21,22)23)12-18(17)26(28)29/h3-7,12H,8-11H2,1-2H3. The fourth-order valence-corrected chi connectivity index (χ4v) is 3.42. The van der Waals surface area contributed by atoms with Crippen LogP contribution in [0.4, 0.5) is 24.5 Å². The molecule has 154 valence electrons. The van der Waals surface area contributed by atoms with Crippen LogP contribution in [0.2, 0.25) is 0 Å². The van der Waals surface area contributed by atoms with E-state index in [9.17, 15) is 28.1 Å². The molecule has 6 nitrogen and oxygen atoms in total. The summed E-state index contributed by atoms with van der Waals surface area (Å²) in [5.74, 6) is -0.118. The number of anilines is 1. The first-order valence-electron chi connectivity index (χ1n) is 9.05. The lowest BCUT2D eigenvalue weighted by Crippen LogP contribution is -2.49. The number of piperazine rings is 1. The molecule has 3 rings (SSSR count). The molecule has 0 bridgehead atoms. The smallest absolute Gasteiger partial charge is 0.362 e. The zero-order chi connectivity index (χ0) is 21.3. The third-order valence-electron chi connectivity index (χ3n) is 5.24. The van der Waals surface area contributed by atoms with Crippen molar-refractivity contribution in [2.75, 3.05) is 31.1 Å². The number of amides is 1. The summed E-state index contributed by atoms with van der Waals surface area (Å²) < 4.78 is 38.7. The number of rotatable bonds is 3. The van der Waals surface area contributed by atoms with E-state index >= 15 is 0 Å². The summed E-state index contributed by atoms with van der Waals surface area (Å²) in [5, 5.41) is 11.3. The maximum absolute atomic E-state index is 12.9. The molecule has 0 unspecified atom stereocenters. The van der Waals surface area contributed by atoms with Gasteiger partial charge in [0.1, 0.15) is 5.69 Å². The van der Waals surface area contributed by atoms with Gasteiger partial charge in [-0.3, -0.25) is 14.9 Å². The van der Waals surface area contributed by atoms with Gasteiger partial charge < -0.3 is 9.80 Å². The van der Waals surface area contributed by atoms with Crippen molar-refractivity contribution < 1.29 is 22.9 Å². The van der Waals surface area contributed by atoms with E-state index in [-0.39, 0.29) is 11.6 Å². The zero-order valence-corrected chi connectivity index (χ0v) is 16.0. The molecule has 1 aliphatic rings. The van der Waals surface area contributed by atoms with E-state index in [1.807, 2.05) is 26.0 Å². The highest BCUT2D eigenvalue weighted by atomic mass is 19.4. The minimum Gasteiger partial charge on any atom is -0.362 e. The molecule has 0 aliphatic carbocycles. The molecule has 0 atom stereocenters. The Balaban J connectivity index is 1.78. The Bertz CT molecular complexity index is 952. The van der Waals surface area contributed by atoms with Gasteiger partial charge in [-0.05, 0) is 43.2 Å². The van der Waals surface area contributed by atoms with Gasteiger partial charge in [-0.2, -0.15) is 13.2 Å². The highest BCUT2D eigenvalue weighted by molar-refractivity contribution is 5.96. The van der Waals surface area contributed by atoms with Crippen LogP contribution >= 0.6 is 0 Å². The minimum absolute atomic E-state index is 0.118. The quantitative estimate of drug-likeness (QED) is 0.565. The van der Waals surface area contributed by atoms with Gasteiger partial charge in [-0.1, -0.05) is 12.1 Å². The number of halogens is 3. The van der Waals surface area contributed by atoms with Crippen LogP contribution in [-0.4, -0.2) is 41.9 Å². The van der Waals surface area contributed by atoms with Gasteiger partial charge >= 0.3 is 6.18 Å². The number of nitro benzene ring substituents is 1. The van der Waals surface area contributed by atoms with Gasteiger partial charge in [0.15, 0.2) is 0 Å². The molecule has 2 aromatic carbocycles. The molecule has 2 aromatic rings. The topological polar surface area (TPSA) is 66.7 Å². The molecule has 0 saturated carbocycles. The van der Waals surface area contributed by atoms with E-state index in [4.69, 9.17) is 0 Å². The predicted molar refractivity (Wildman–Crippen MR) is 102 cm³/mol. The lowest BCUT2D eigenvalue weighted by atomic mass is 10.0. The summed E-state index contributed by atoms with van der Waals surface area (Å²) in [4.78, 5) is 26.6. The van der Waals surface area contributed by atoms with Crippen LogP contribution in [0.5, 0.6) is 0 Å². The van der Waals surface area contributed by atoms with E-state index < -0.39 is 22.4 Å². The molecule has 0 radical (unpaired) electrons. The number of aryl methyl sites for hydroxylation is 1. The van der Waals surface area contributed by atoms with Crippen molar-refractivity contribution in [3.8, 4) is 0 Å². The Morgan fingerprint density at radius 1 is 1.07 bits per heavy atom. The van der Waals surface area contributed by atoms with Crippen LogP contribution in [0, 0.1) is 24.0 Å². The van der Waals surface area contributed by atoms with Crippen LogP contribution < -0.4 is 4.90 Å². The van der Waals surface area contributed by atoms with Gasteiger partial charge in [0.2, 0.25) is 0 Å². The van der Waals surface area contributed by atoms with Crippen molar-refractivity contribution in [1.29, 1.82) is 0 Å². The van der Waals surface area contributed by atoms with Crippen LogP contribution in [0.3, 0.4) is 0 Å². The number of carbonyl (C=O) groups is 1. The first-order valence-corrected chi connectivity index (χ1v) is 9.05. The predicted octanol–water partition coefficient (Wildman–Crippen LogP) is 4.19. The SMILES string of the molecule is Cc1cccc(C(=O)N2CCN(c3ccc(C(F)(F)F)cc3[N+](=O)[O-])CC2)c1C. The summed E-state index contributed by atoms with van der Waals surface area (Å²) in [6.45, 7) is 5.04. The maximum atomic E-state index is 12.9. The Labute approximate surface area is 165 Å². The van der Waals surface area contributed by atoms with Crippen molar-refractivity contribution in [1.82, 2.24) is 4.90 Å². The average molecular weight is 407 g/mol. The first-order chi connectivity index (χ1) is 13.6. The summed E-state index contributed by atoms with van der Waals surface area (Å²) in [5.41, 5.74) is 1.000. The average Bonchev–Trinajstić information content (AvgIpc) is 2.68. The lowest BCUT2D eigenvalue weighted by Gasteiger charge is -2.36. The number of nitro groups is 1. The number of hydrogen-bond acceptors (Lipinski definition) is 4. The Hall–Kier alpha value is -3.10. The van der Waals surface area contributed by atoms with E-state index in [1.165, 1.54) is 0 Å². The van der Waals surface area contributed by atoms with Crippen molar-refractivity contribution in [3.63, 3.8) is 0 Å². The number of benzene rings is 2. The normalized spacial score (nSPS) is 14.8. The van der Waals surface area contributed by atoms with E-state index in [0.717, 1.165) is 23.3 Å². The fraction of sp³-hybridized carbons (Fsp3) is 0.350. The van der Waals surface area contributed by atoms with Crippen molar-refractivity contribution in [3.05, 3.63) is 68.8 Å². The van der Waals surface area contributed by atoms with Crippen LogP contribution in [-0.2, 0) is 6.18 Å². The van der Waals surface area contributed by atoms with Crippen LogP contribution in [0.15, 0.2) is 36.4 Å². The molecular formula is C20H20F3N3O3. The molecule has 1 fully saturated rings. The summed E-state index contributed by atoms with van der Waals surface area (Å²) in [6, 6.07) is 8.03. The van der Waals surface area contributed by atoms with Crippen LogP contribution in [0.1, 0.15) is 27.0 Å². The number of hydrogen-bond donors (Lipinski definition) is 0. The first kappa shape index (κ1) is 20.6. The monoisotopic (exact) mass is 407 g/mol. The second kappa shape index (κ2) is 7.73. The second-order valence-electron chi connectivity index (χ2n) is 6.99. The van der Waals surface area contributed by atoms with Gasteiger partial charge in [0, 0.05) is 37.8 Å². The number of alkyl halides is 3. The van der Waals surface area contributed by atoms with Gasteiger partial charge in [0.05, 0.1) is 10.5 Å². The molecule has 1 aliphatic heterocycles. The number of carbonyl (C=O) groups excluding carboxylic acids is 1. The lowest BCUT2D eigenvalue weighted by molar-refractivity contribution is -0.384. The van der Waals surface area contributed by atoms with E-state index in [1.54, 1.807) is 15.9 Å². The van der Waals surface area contributed by atoms with E-state index in [0.29, 0.717) is 37.8 Å². The third-order valence-corrected chi connectivity index (χ3v) is 5.24. The molecule has 1 heterocycles. The summed E-state index contributed by atoms with van der Waals surface area (Å²) in [6.07, 6.45) is -4.65. The molecule has 1 saturated heterocycles. The highest BCUT2D eigenvalue weighted by Gasteiger charge is 2.34. The van der Waals surface area contributed by atoms with Crippen molar-refractivity contribution in [2.45, 2.75) is 20.0 Å². The Morgan fingerprint density at radius 2 is 1.72 bits per heavy atom. The van der Waals surface area contributed by atoms with Gasteiger partial charge in [-0.15, -0.1) is 0 Å². The van der Waals surface area contributed by atoms with Gasteiger partial charge in [0.25, 0.3) is 11.6 Å². The molecule has 1 amide bonds. The van der Waals surface area contributed by atoms with Crippen molar-refractivity contribution >= 4 is 17.3 Å². The molecule has 0 aromatic heterocycles. The fourth-order valence-electron chi connectivity index (χ4n) is 3.42. The van der Waals surface area contributed by atoms with Crippen LogP contribution in [0.25, 0.3) is 0 Å². The Kier molecular flexibility index (Phi) is 5.50. The molecule has 0 spiro atoms. The van der Waals surface area contributed by atoms with Gasteiger partial charge in [-0.25, -0.2) is 0 Å². The van der Waals surface area contributed by atoms with E-state index in [2.05, 4.69) is 0 Å². The third kappa shape index (κ3) is 4.18. The zero-order valence-electron chi connectivity index (χ0n) is 16.0. The summed E-state index contributed by atoms with van der Waals surface area (Å²) in [7, 11) is 0.